The minimum Gasteiger partial charge on any atom is -0.460 e. The molecule has 3 unspecified atom stereocenters. The standard InChI is InChI=1S/C21H23NO3/c1-14-9-11-17-13-18(25-21(17)20(14)24-3)15(2)22-19(23)12-10-16-7-5-4-6-8-16/h4-15,20H,1-3H3,(H,22,23)/b12-10+. The minimum atomic E-state index is -0.222. The number of ether oxygens (including phenoxy) is 1. The number of methoxy groups -OCH3 is 1. The van der Waals surface area contributed by atoms with E-state index in [1.54, 1.807) is 13.2 Å². The number of benzene rings is 1. The second kappa shape index (κ2) is 7.53. The second-order valence-electron chi connectivity index (χ2n) is 6.32. The first-order chi connectivity index (χ1) is 12.1. The number of furan rings is 1. The summed E-state index contributed by atoms with van der Waals surface area (Å²) < 4.78 is 11.5. The molecule has 130 valence electrons. The molecule has 0 spiro atoms. The largest absolute Gasteiger partial charge is 0.460 e. The third kappa shape index (κ3) is 3.91. The van der Waals surface area contributed by atoms with Gasteiger partial charge in [-0.1, -0.05) is 49.4 Å². The molecule has 1 aromatic carbocycles. The predicted octanol–water partition coefficient (Wildman–Crippen LogP) is 4.52. The molecule has 0 fully saturated rings. The van der Waals surface area contributed by atoms with Crippen molar-refractivity contribution in [3.05, 3.63) is 71.2 Å². The molecule has 2 aromatic rings. The van der Waals surface area contributed by atoms with Gasteiger partial charge >= 0.3 is 0 Å². The van der Waals surface area contributed by atoms with E-state index in [0.29, 0.717) is 0 Å². The molecular formula is C21H23NO3. The van der Waals surface area contributed by atoms with Gasteiger partial charge in [0.15, 0.2) is 0 Å². The highest BCUT2D eigenvalue weighted by atomic mass is 16.5. The van der Waals surface area contributed by atoms with Gasteiger partial charge in [-0.15, -0.1) is 0 Å². The van der Waals surface area contributed by atoms with Crippen molar-refractivity contribution in [3.8, 4) is 0 Å². The van der Waals surface area contributed by atoms with Gasteiger partial charge in [-0.05, 0) is 24.6 Å². The van der Waals surface area contributed by atoms with Crippen LogP contribution in [0, 0.1) is 5.92 Å². The van der Waals surface area contributed by atoms with E-state index in [0.717, 1.165) is 22.6 Å². The lowest BCUT2D eigenvalue weighted by molar-refractivity contribution is -0.117. The van der Waals surface area contributed by atoms with Gasteiger partial charge in [0.25, 0.3) is 0 Å². The van der Waals surface area contributed by atoms with E-state index < -0.39 is 0 Å². The quantitative estimate of drug-likeness (QED) is 0.816. The summed E-state index contributed by atoms with van der Waals surface area (Å²) in [6.45, 7) is 4.00. The molecule has 3 atom stereocenters. The van der Waals surface area contributed by atoms with Gasteiger partial charge < -0.3 is 14.5 Å². The molecule has 0 saturated heterocycles. The Balaban J connectivity index is 1.68. The molecule has 1 amide bonds. The van der Waals surface area contributed by atoms with Crippen molar-refractivity contribution in [2.24, 2.45) is 5.92 Å². The van der Waals surface area contributed by atoms with Crippen molar-refractivity contribution in [1.82, 2.24) is 5.32 Å². The highest BCUT2D eigenvalue weighted by Crippen LogP contribution is 2.37. The number of amides is 1. The van der Waals surface area contributed by atoms with E-state index in [1.807, 2.05) is 49.4 Å². The van der Waals surface area contributed by atoms with E-state index >= 15 is 0 Å². The van der Waals surface area contributed by atoms with E-state index in [4.69, 9.17) is 9.15 Å². The van der Waals surface area contributed by atoms with Crippen LogP contribution in [0.1, 0.15) is 48.6 Å². The summed E-state index contributed by atoms with van der Waals surface area (Å²) in [6, 6.07) is 11.5. The van der Waals surface area contributed by atoms with Crippen LogP contribution >= 0.6 is 0 Å². The number of rotatable bonds is 5. The van der Waals surface area contributed by atoms with Crippen LogP contribution < -0.4 is 5.32 Å². The van der Waals surface area contributed by atoms with Crippen molar-refractivity contribution >= 4 is 18.1 Å². The summed E-state index contributed by atoms with van der Waals surface area (Å²) in [5, 5.41) is 2.94. The van der Waals surface area contributed by atoms with E-state index in [9.17, 15) is 4.79 Å². The fraction of sp³-hybridized carbons (Fsp3) is 0.286. The molecule has 4 heteroatoms. The fourth-order valence-corrected chi connectivity index (χ4v) is 2.99. The zero-order chi connectivity index (χ0) is 17.8. The maximum atomic E-state index is 12.1. The molecular weight excluding hydrogens is 314 g/mol. The van der Waals surface area contributed by atoms with Gasteiger partial charge in [0.2, 0.25) is 5.91 Å². The predicted molar refractivity (Wildman–Crippen MR) is 98.7 cm³/mol. The van der Waals surface area contributed by atoms with Gasteiger partial charge in [-0.3, -0.25) is 4.79 Å². The monoisotopic (exact) mass is 337 g/mol. The highest BCUT2D eigenvalue weighted by molar-refractivity contribution is 5.91. The van der Waals surface area contributed by atoms with E-state index in [-0.39, 0.29) is 24.0 Å². The van der Waals surface area contributed by atoms with Crippen LogP contribution in [0.15, 0.2) is 53.0 Å². The summed E-state index contributed by atoms with van der Waals surface area (Å²) in [6.07, 6.45) is 7.40. The second-order valence-corrected chi connectivity index (χ2v) is 6.32. The lowest BCUT2D eigenvalue weighted by Gasteiger charge is -2.22. The average molecular weight is 337 g/mol. The molecule has 0 bridgehead atoms. The molecule has 25 heavy (non-hydrogen) atoms. The highest BCUT2D eigenvalue weighted by Gasteiger charge is 2.28. The number of nitrogens with one attached hydrogen (secondary N) is 1. The van der Waals surface area contributed by atoms with Crippen LogP contribution in [-0.4, -0.2) is 13.0 Å². The third-order valence-electron chi connectivity index (χ3n) is 4.39. The Morgan fingerprint density at radius 2 is 2.08 bits per heavy atom. The molecule has 3 rings (SSSR count). The van der Waals surface area contributed by atoms with Crippen LogP contribution in [0.25, 0.3) is 12.2 Å². The fourth-order valence-electron chi connectivity index (χ4n) is 2.99. The molecule has 1 aromatic heterocycles. The summed E-state index contributed by atoms with van der Waals surface area (Å²) in [5.74, 6) is 1.66. The molecule has 1 N–H and O–H groups in total. The Labute approximate surface area is 148 Å². The molecule has 1 aliphatic carbocycles. The normalized spacial score (nSPS) is 20.4. The Morgan fingerprint density at radius 3 is 2.80 bits per heavy atom. The zero-order valence-corrected chi connectivity index (χ0v) is 14.7. The molecule has 1 heterocycles. The van der Waals surface area contributed by atoms with Gasteiger partial charge in [0.05, 0.1) is 6.04 Å². The lowest BCUT2D eigenvalue weighted by Crippen LogP contribution is -2.24. The molecule has 0 aliphatic heterocycles. The third-order valence-corrected chi connectivity index (χ3v) is 4.39. The van der Waals surface area contributed by atoms with Crippen molar-refractivity contribution in [1.29, 1.82) is 0 Å². The Morgan fingerprint density at radius 1 is 1.32 bits per heavy atom. The van der Waals surface area contributed by atoms with Crippen molar-refractivity contribution < 1.29 is 13.9 Å². The van der Waals surface area contributed by atoms with Crippen molar-refractivity contribution in [2.75, 3.05) is 7.11 Å². The van der Waals surface area contributed by atoms with Gasteiger partial charge in [-0.25, -0.2) is 0 Å². The topological polar surface area (TPSA) is 51.5 Å². The first-order valence-electron chi connectivity index (χ1n) is 8.46. The minimum absolute atomic E-state index is 0.0883. The average Bonchev–Trinajstić information content (AvgIpc) is 3.05. The number of hydrogen-bond donors (Lipinski definition) is 1. The summed E-state index contributed by atoms with van der Waals surface area (Å²) in [5.41, 5.74) is 2.00. The lowest BCUT2D eigenvalue weighted by atomic mass is 9.93. The van der Waals surface area contributed by atoms with Crippen LogP contribution in [0.2, 0.25) is 0 Å². The Bertz CT molecular complexity index is 789. The smallest absolute Gasteiger partial charge is 0.244 e. The van der Waals surface area contributed by atoms with Gasteiger partial charge in [0, 0.05) is 24.7 Å². The Kier molecular flexibility index (Phi) is 5.19. The summed E-state index contributed by atoms with van der Waals surface area (Å²) >= 11 is 0. The first-order valence-corrected chi connectivity index (χ1v) is 8.46. The zero-order valence-electron chi connectivity index (χ0n) is 14.7. The molecule has 0 radical (unpaired) electrons. The van der Waals surface area contributed by atoms with Crippen LogP contribution in [0.5, 0.6) is 0 Å². The van der Waals surface area contributed by atoms with Crippen molar-refractivity contribution in [2.45, 2.75) is 26.0 Å². The molecule has 0 saturated carbocycles. The maximum absolute atomic E-state index is 12.1. The molecule has 4 nitrogen and oxygen atoms in total. The number of carbonyl (C=O) groups excluding carboxylic acids is 1. The maximum Gasteiger partial charge on any atom is 0.244 e. The number of carbonyl (C=O) groups is 1. The summed E-state index contributed by atoms with van der Waals surface area (Å²) in [7, 11) is 1.69. The first kappa shape index (κ1) is 17.2. The van der Waals surface area contributed by atoms with E-state index in [1.165, 1.54) is 6.08 Å². The summed E-state index contributed by atoms with van der Waals surface area (Å²) in [4.78, 5) is 12.1. The number of fused-ring (bicyclic) bond motifs is 1. The molecule has 1 aliphatic rings. The SMILES string of the molecule is COC1c2oc(C(C)NC(=O)/C=C/c3ccccc3)cc2C=CC1C. The Hall–Kier alpha value is -2.59. The van der Waals surface area contributed by atoms with Crippen LogP contribution in [0.3, 0.4) is 0 Å². The van der Waals surface area contributed by atoms with Crippen molar-refractivity contribution in [3.63, 3.8) is 0 Å². The van der Waals surface area contributed by atoms with Crippen LogP contribution in [0.4, 0.5) is 0 Å². The van der Waals surface area contributed by atoms with Gasteiger partial charge in [0.1, 0.15) is 17.6 Å². The van der Waals surface area contributed by atoms with E-state index in [2.05, 4.69) is 18.3 Å². The van der Waals surface area contributed by atoms with Crippen LogP contribution in [-0.2, 0) is 9.53 Å². The number of hydrogen-bond acceptors (Lipinski definition) is 3. The van der Waals surface area contributed by atoms with Gasteiger partial charge in [-0.2, -0.15) is 0 Å².